The summed E-state index contributed by atoms with van der Waals surface area (Å²) in [5.41, 5.74) is -1.58. The van der Waals surface area contributed by atoms with E-state index in [0.29, 0.717) is 4.31 Å². The van der Waals surface area contributed by atoms with Crippen LogP contribution in [0.4, 0.5) is 13.2 Å². The molecule has 0 fully saturated rings. The van der Waals surface area contributed by atoms with Crippen LogP contribution in [0, 0.1) is 0 Å². The Balaban J connectivity index is 3.41. The number of rotatable bonds is 4. The van der Waals surface area contributed by atoms with Gasteiger partial charge >= 0.3 is 12.1 Å². The molecule has 6 nitrogen and oxygen atoms in total. The second kappa shape index (κ2) is 5.37. The van der Waals surface area contributed by atoms with Crippen LogP contribution in [-0.4, -0.2) is 41.9 Å². The zero-order chi connectivity index (χ0) is 15.7. The molecule has 1 rings (SSSR count). The molecule has 0 saturated heterocycles. The first kappa shape index (κ1) is 16.4. The van der Waals surface area contributed by atoms with Gasteiger partial charge < -0.3 is 5.11 Å². The molecule has 112 valence electrons. The van der Waals surface area contributed by atoms with Crippen LogP contribution in [0.3, 0.4) is 0 Å². The van der Waals surface area contributed by atoms with Crippen LogP contribution in [0.15, 0.2) is 23.2 Å². The Kier molecular flexibility index (Phi) is 4.39. The number of hydrogen-bond donors (Lipinski definition) is 1. The number of nitrogens with zero attached hydrogens (tertiary/aromatic N) is 2. The van der Waals surface area contributed by atoms with Crippen molar-refractivity contribution in [1.29, 1.82) is 0 Å². The number of likely N-dealkylation sites (N-methyl/N-ethyl adjacent to an activating group) is 1. The van der Waals surface area contributed by atoms with Gasteiger partial charge in [0.15, 0.2) is 5.69 Å². The van der Waals surface area contributed by atoms with Crippen molar-refractivity contribution in [3.8, 4) is 0 Å². The van der Waals surface area contributed by atoms with Gasteiger partial charge in [0.2, 0.25) is 10.0 Å². The Morgan fingerprint density at radius 1 is 1.45 bits per heavy atom. The number of halogens is 3. The average molecular weight is 312 g/mol. The zero-order valence-corrected chi connectivity index (χ0v) is 11.2. The normalized spacial score (nSPS) is 14.3. The fraction of sp³-hybridized carbons (Fsp3) is 0.400. The number of carboxylic acid groups (broad SMARTS) is 1. The molecular formula is C10H11F3N2O4S. The molecule has 1 unspecified atom stereocenters. The molecule has 1 aromatic heterocycles. The molecule has 0 radical (unpaired) electrons. The van der Waals surface area contributed by atoms with Crippen LogP contribution in [0.5, 0.6) is 0 Å². The fourth-order valence-corrected chi connectivity index (χ4v) is 2.81. The van der Waals surface area contributed by atoms with E-state index < -0.39 is 38.8 Å². The summed E-state index contributed by atoms with van der Waals surface area (Å²) in [6, 6.07) is 0.249. The van der Waals surface area contributed by atoms with Gasteiger partial charge in [0.05, 0.1) is 0 Å². The van der Waals surface area contributed by atoms with Gasteiger partial charge in [-0.1, -0.05) is 0 Å². The van der Waals surface area contributed by atoms with Crippen molar-refractivity contribution in [3.05, 3.63) is 24.0 Å². The predicted octanol–water partition coefficient (Wildman–Crippen LogP) is 1.19. The van der Waals surface area contributed by atoms with E-state index in [1.165, 1.54) is 0 Å². The van der Waals surface area contributed by atoms with Gasteiger partial charge in [0, 0.05) is 13.2 Å². The molecular weight excluding hydrogens is 301 g/mol. The third-order valence-electron chi connectivity index (χ3n) is 2.60. The maximum absolute atomic E-state index is 12.7. The van der Waals surface area contributed by atoms with Crippen molar-refractivity contribution < 1.29 is 31.5 Å². The maximum Gasteiger partial charge on any atom is 0.434 e. The average Bonchev–Trinajstić information content (AvgIpc) is 2.35. The van der Waals surface area contributed by atoms with E-state index in [-0.39, 0.29) is 0 Å². The lowest BCUT2D eigenvalue weighted by Crippen LogP contribution is -2.40. The minimum absolute atomic E-state index is 0.349. The molecule has 1 aromatic rings. The molecule has 0 spiro atoms. The number of sulfonamides is 1. The summed E-state index contributed by atoms with van der Waals surface area (Å²) in [4.78, 5) is 12.7. The number of aliphatic carboxylic acids is 1. The highest BCUT2D eigenvalue weighted by Crippen LogP contribution is 2.33. The Bertz CT molecular complexity index is 615. The number of hydrogen-bond acceptors (Lipinski definition) is 4. The van der Waals surface area contributed by atoms with Crippen LogP contribution >= 0.6 is 0 Å². The van der Waals surface area contributed by atoms with E-state index >= 15 is 0 Å². The summed E-state index contributed by atoms with van der Waals surface area (Å²) < 4.78 is 62.7. The molecule has 0 amide bonds. The zero-order valence-electron chi connectivity index (χ0n) is 10.4. The summed E-state index contributed by atoms with van der Waals surface area (Å²) in [6.07, 6.45) is -4.15. The highest BCUT2D eigenvalue weighted by Gasteiger charge is 2.41. The molecule has 1 heterocycles. The van der Waals surface area contributed by atoms with Crippen LogP contribution in [-0.2, 0) is 21.0 Å². The molecule has 1 atom stereocenters. The highest BCUT2D eigenvalue weighted by molar-refractivity contribution is 7.89. The molecule has 0 aromatic carbocycles. The van der Waals surface area contributed by atoms with E-state index in [9.17, 15) is 26.4 Å². The minimum Gasteiger partial charge on any atom is -0.480 e. The third kappa shape index (κ3) is 3.07. The summed E-state index contributed by atoms with van der Waals surface area (Å²) in [7, 11) is -3.74. The second-order valence-electron chi connectivity index (χ2n) is 3.88. The van der Waals surface area contributed by atoms with Crippen LogP contribution in [0.1, 0.15) is 12.6 Å². The third-order valence-corrected chi connectivity index (χ3v) is 4.56. The van der Waals surface area contributed by atoms with Crippen molar-refractivity contribution >= 4 is 16.0 Å². The smallest absolute Gasteiger partial charge is 0.434 e. The molecule has 0 aliphatic heterocycles. The summed E-state index contributed by atoms with van der Waals surface area (Å²) in [5, 5.41) is 8.75. The quantitative estimate of drug-likeness (QED) is 0.902. The van der Waals surface area contributed by atoms with Gasteiger partial charge in [-0.25, -0.2) is 8.42 Å². The fourth-order valence-electron chi connectivity index (χ4n) is 1.33. The lowest BCUT2D eigenvalue weighted by atomic mass is 10.3. The van der Waals surface area contributed by atoms with Crippen molar-refractivity contribution in [1.82, 2.24) is 9.29 Å². The van der Waals surface area contributed by atoms with E-state index in [1.54, 1.807) is 0 Å². The number of pyridine rings is 1. The van der Waals surface area contributed by atoms with E-state index in [0.717, 1.165) is 32.3 Å². The Morgan fingerprint density at radius 2 is 2.00 bits per heavy atom. The Morgan fingerprint density at radius 3 is 2.45 bits per heavy atom. The maximum atomic E-state index is 12.7. The monoisotopic (exact) mass is 312 g/mol. The SMILES string of the molecule is CC(C(=O)O)N(C)S(=O)(=O)c1cccnc1C(F)(F)F. The highest BCUT2D eigenvalue weighted by atomic mass is 32.2. The van der Waals surface area contributed by atoms with Gasteiger partial charge in [-0.3, -0.25) is 9.78 Å². The molecule has 0 saturated carbocycles. The topological polar surface area (TPSA) is 87.6 Å². The summed E-state index contributed by atoms with van der Waals surface area (Å²) in [6.45, 7) is 1.05. The standard InChI is InChI=1S/C10H11F3N2O4S/c1-6(9(16)17)15(2)20(18,19)7-4-3-5-14-8(7)10(11,12)13/h3-6H,1-2H3,(H,16,17). The van der Waals surface area contributed by atoms with Crippen LogP contribution < -0.4 is 0 Å². The number of carboxylic acids is 1. The first-order valence-corrected chi connectivity index (χ1v) is 6.66. The van der Waals surface area contributed by atoms with Gasteiger partial charge in [-0.2, -0.15) is 17.5 Å². The molecule has 0 bridgehead atoms. The Labute approximate surface area is 112 Å². The van der Waals surface area contributed by atoms with Crippen molar-refractivity contribution in [2.24, 2.45) is 0 Å². The van der Waals surface area contributed by atoms with E-state index in [1.807, 2.05) is 0 Å². The number of alkyl halides is 3. The van der Waals surface area contributed by atoms with Gasteiger partial charge in [-0.05, 0) is 19.1 Å². The van der Waals surface area contributed by atoms with Gasteiger partial charge in [0.1, 0.15) is 10.9 Å². The van der Waals surface area contributed by atoms with E-state index in [4.69, 9.17) is 5.11 Å². The minimum atomic E-state index is -4.96. The van der Waals surface area contributed by atoms with Crippen LogP contribution in [0.25, 0.3) is 0 Å². The molecule has 0 aliphatic rings. The summed E-state index contributed by atoms with van der Waals surface area (Å²) >= 11 is 0. The largest absolute Gasteiger partial charge is 0.480 e. The predicted molar refractivity (Wildman–Crippen MR) is 61.3 cm³/mol. The summed E-state index contributed by atoms with van der Waals surface area (Å²) in [5.74, 6) is -1.48. The molecule has 10 heteroatoms. The number of aromatic nitrogens is 1. The van der Waals surface area contributed by atoms with E-state index in [2.05, 4.69) is 4.98 Å². The lowest BCUT2D eigenvalue weighted by Gasteiger charge is -2.22. The van der Waals surface area contributed by atoms with Crippen molar-refractivity contribution in [3.63, 3.8) is 0 Å². The van der Waals surface area contributed by atoms with Crippen LogP contribution in [0.2, 0.25) is 0 Å². The lowest BCUT2D eigenvalue weighted by molar-refractivity contribution is -0.143. The molecule has 0 aliphatic carbocycles. The number of carbonyl (C=O) groups is 1. The van der Waals surface area contributed by atoms with Gasteiger partial charge in [-0.15, -0.1) is 0 Å². The van der Waals surface area contributed by atoms with Crippen molar-refractivity contribution in [2.75, 3.05) is 7.05 Å². The Hall–Kier alpha value is -1.68. The van der Waals surface area contributed by atoms with Crippen molar-refractivity contribution in [2.45, 2.75) is 24.0 Å². The van der Waals surface area contributed by atoms with Gasteiger partial charge in [0.25, 0.3) is 0 Å². The molecule has 20 heavy (non-hydrogen) atoms. The first-order valence-electron chi connectivity index (χ1n) is 5.22. The first-order chi connectivity index (χ1) is 8.99. The molecule has 1 N–H and O–H groups in total. The second-order valence-corrected chi connectivity index (χ2v) is 5.85.